The van der Waals surface area contributed by atoms with Gasteiger partial charge < -0.3 is 15.4 Å². The number of carbonyl (C=O) groups is 2. The normalized spacial score (nSPS) is 28.6. The summed E-state index contributed by atoms with van der Waals surface area (Å²) < 4.78 is 16.1. The molecule has 1 fully saturated rings. The Labute approximate surface area is 119 Å². The van der Waals surface area contributed by atoms with Crippen molar-refractivity contribution in [3.8, 4) is 0 Å². The fourth-order valence-corrected chi connectivity index (χ4v) is 3.54. The Bertz CT molecular complexity index is 373. The van der Waals surface area contributed by atoms with E-state index >= 15 is 0 Å². The molecule has 5 nitrogen and oxygen atoms in total. The van der Waals surface area contributed by atoms with E-state index < -0.39 is 13.0 Å². The van der Waals surface area contributed by atoms with Crippen LogP contribution in [0.15, 0.2) is 0 Å². The first-order chi connectivity index (χ1) is 9.16. The highest BCUT2D eigenvalue weighted by atomic mass is 19.1. The highest BCUT2D eigenvalue weighted by molar-refractivity contribution is 5.73. The zero-order chi connectivity index (χ0) is 15.4. The number of rotatable bonds is 4. The van der Waals surface area contributed by atoms with E-state index in [4.69, 9.17) is 0 Å². The lowest BCUT2D eigenvalue weighted by atomic mass is 9.62. The Balaban J connectivity index is 2.65. The second-order valence-corrected chi connectivity index (χ2v) is 6.85. The number of amides is 2. The molecule has 0 saturated heterocycles. The van der Waals surface area contributed by atoms with Crippen molar-refractivity contribution in [3.05, 3.63) is 0 Å². The van der Waals surface area contributed by atoms with Crippen LogP contribution in [0.2, 0.25) is 0 Å². The minimum Gasteiger partial charge on any atom is -0.418 e. The van der Waals surface area contributed by atoms with Gasteiger partial charge in [0.1, 0.15) is 0 Å². The Morgan fingerprint density at radius 1 is 1.30 bits per heavy atom. The van der Waals surface area contributed by atoms with Crippen molar-refractivity contribution < 1.29 is 18.7 Å². The van der Waals surface area contributed by atoms with Crippen LogP contribution in [-0.4, -0.2) is 31.4 Å². The van der Waals surface area contributed by atoms with E-state index in [-0.39, 0.29) is 22.8 Å². The fourth-order valence-electron chi connectivity index (χ4n) is 3.54. The lowest BCUT2D eigenvalue weighted by Gasteiger charge is -2.46. The van der Waals surface area contributed by atoms with Crippen LogP contribution in [0.3, 0.4) is 0 Å². The van der Waals surface area contributed by atoms with Crippen molar-refractivity contribution in [1.29, 1.82) is 0 Å². The van der Waals surface area contributed by atoms with E-state index in [1.807, 2.05) is 0 Å². The van der Waals surface area contributed by atoms with E-state index in [2.05, 4.69) is 36.1 Å². The molecular weight excluding hydrogens is 263 g/mol. The lowest BCUT2D eigenvalue weighted by Crippen LogP contribution is -2.50. The van der Waals surface area contributed by atoms with Crippen molar-refractivity contribution in [2.24, 2.45) is 10.8 Å². The van der Waals surface area contributed by atoms with Gasteiger partial charge in [0, 0.05) is 19.5 Å². The van der Waals surface area contributed by atoms with Crippen molar-refractivity contribution >= 4 is 12.0 Å². The van der Waals surface area contributed by atoms with Gasteiger partial charge in [0.05, 0.1) is 0 Å². The SMILES string of the molecule is CC(=O)NC1CC(C)(C)CC(C)(CNC(=O)OCF)C1. The minimum absolute atomic E-state index is 0.0418. The lowest BCUT2D eigenvalue weighted by molar-refractivity contribution is -0.120. The van der Waals surface area contributed by atoms with Gasteiger partial charge in [-0.1, -0.05) is 20.8 Å². The van der Waals surface area contributed by atoms with E-state index in [1.54, 1.807) is 0 Å². The molecule has 0 spiro atoms. The quantitative estimate of drug-likeness (QED) is 0.834. The molecule has 2 amide bonds. The summed E-state index contributed by atoms with van der Waals surface area (Å²) in [6.45, 7) is 7.17. The average molecular weight is 288 g/mol. The predicted octanol–water partition coefficient (Wildman–Crippen LogP) is 2.36. The van der Waals surface area contributed by atoms with E-state index in [0.29, 0.717) is 6.54 Å². The Kier molecular flexibility index (Phi) is 5.36. The maximum atomic E-state index is 11.9. The summed E-state index contributed by atoms with van der Waals surface area (Å²) in [6, 6.07) is 0.0974. The molecule has 2 N–H and O–H groups in total. The molecule has 1 aliphatic rings. The van der Waals surface area contributed by atoms with Crippen molar-refractivity contribution in [1.82, 2.24) is 10.6 Å². The molecule has 1 rings (SSSR count). The second kappa shape index (κ2) is 6.41. The topological polar surface area (TPSA) is 67.4 Å². The molecule has 1 aliphatic carbocycles. The molecule has 116 valence electrons. The van der Waals surface area contributed by atoms with Gasteiger partial charge in [-0.05, 0) is 30.1 Å². The summed E-state index contributed by atoms with van der Waals surface area (Å²) >= 11 is 0. The molecule has 2 unspecified atom stereocenters. The summed E-state index contributed by atoms with van der Waals surface area (Å²) in [5.74, 6) is -0.0418. The highest BCUT2D eigenvalue weighted by Crippen LogP contribution is 2.45. The average Bonchev–Trinajstić information content (AvgIpc) is 2.23. The predicted molar refractivity (Wildman–Crippen MR) is 73.8 cm³/mol. The molecule has 6 heteroatoms. The van der Waals surface area contributed by atoms with Gasteiger partial charge in [0.2, 0.25) is 12.8 Å². The largest absolute Gasteiger partial charge is 0.418 e. The van der Waals surface area contributed by atoms with Crippen LogP contribution in [0, 0.1) is 10.8 Å². The van der Waals surface area contributed by atoms with Crippen LogP contribution in [0.4, 0.5) is 9.18 Å². The molecule has 1 saturated carbocycles. The molecule has 0 aromatic heterocycles. The van der Waals surface area contributed by atoms with Crippen LogP contribution in [-0.2, 0) is 9.53 Å². The van der Waals surface area contributed by atoms with Crippen LogP contribution in [0.1, 0.15) is 47.0 Å². The van der Waals surface area contributed by atoms with E-state index in [1.165, 1.54) is 6.92 Å². The minimum atomic E-state index is -1.12. The number of alkyl carbamates (subject to hydrolysis) is 1. The van der Waals surface area contributed by atoms with Crippen LogP contribution < -0.4 is 10.6 Å². The molecule has 0 aromatic rings. The third kappa shape index (κ3) is 5.35. The van der Waals surface area contributed by atoms with Crippen LogP contribution in [0.25, 0.3) is 0 Å². The first-order valence-corrected chi connectivity index (χ1v) is 6.89. The van der Waals surface area contributed by atoms with Crippen LogP contribution >= 0.6 is 0 Å². The Hall–Kier alpha value is -1.33. The summed E-state index contributed by atoms with van der Waals surface area (Å²) in [7, 11) is 0. The third-order valence-electron chi connectivity index (χ3n) is 3.70. The van der Waals surface area contributed by atoms with Gasteiger partial charge in [-0.3, -0.25) is 4.79 Å². The number of hydrogen-bond acceptors (Lipinski definition) is 3. The van der Waals surface area contributed by atoms with Crippen molar-refractivity contribution in [2.45, 2.75) is 53.0 Å². The van der Waals surface area contributed by atoms with Gasteiger partial charge in [-0.2, -0.15) is 0 Å². The first kappa shape index (κ1) is 16.7. The van der Waals surface area contributed by atoms with Crippen molar-refractivity contribution in [2.75, 3.05) is 13.4 Å². The smallest absolute Gasteiger partial charge is 0.409 e. The van der Waals surface area contributed by atoms with Gasteiger partial charge in [-0.25, -0.2) is 9.18 Å². The van der Waals surface area contributed by atoms with E-state index in [0.717, 1.165) is 19.3 Å². The van der Waals surface area contributed by atoms with Gasteiger partial charge in [0.15, 0.2) is 0 Å². The number of ether oxygens (including phenoxy) is 1. The highest BCUT2D eigenvalue weighted by Gasteiger charge is 2.41. The van der Waals surface area contributed by atoms with Crippen molar-refractivity contribution in [3.63, 3.8) is 0 Å². The number of halogens is 1. The maximum absolute atomic E-state index is 11.9. The maximum Gasteiger partial charge on any atom is 0.409 e. The molecule has 2 atom stereocenters. The fraction of sp³-hybridized carbons (Fsp3) is 0.857. The van der Waals surface area contributed by atoms with Gasteiger partial charge in [0.25, 0.3) is 0 Å². The number of hydrogen-bond donors (Lipinski definition) is 2. The van der Waals surface area contributed by atoms with Gasteiger partial charge >= 0.3 is 6.09 Å². The molecule has 0 radical (unpaired) electrons. The Morgan fingerprint density at radius 2 is 1.95 bits per heavy atom. The molecule has 20 heavy (non-hydrogen) atoms. The number of nitrogens with one attached hydrogen (secondary N) is 2. The Morgan fingerprint density at radius 3 is 2.50 bits per heavy atom. The first-order valence-electron chi connectivity index (χ1n) is 6.89. The summed E-state index contributed by atoms with van der Waals surface area (Å²) in [6.07, 6.45) is 1.88. The summed E-state index contributed by atoms with van der Waals surface area (Å²) in [5.41, 5.74) is -0.0734. The standard InChI is InChI=1S/C14H25FN2O3/c1-10(18)17-11-5-13(2,3)7-14(4,6-11)8-16-12(19)20-9-15/h11H,5-9H2,1-4H3,(H,16,19)(H,17,18). The second-order valence-electron chi connectivity index (χ2n) is 6.85. The summed E-state index contributed by atoms with van der Waals surface area (Å²) in [5, 5.41) is 5.55. The molecule has 0 heterocycles. The molecule has 0 aliphatic heterocycles. The molecule has 0 bridgehead atoms. The van der Waals surface area contributed by atoms with E-state index in [9.17, 15) is 14.0 Å². The monoisotopic (exact) mass is 288 g/mol. The molecule has 0 aromatic carbocycles. The zero-order valence-corrected chi connectivity index (χ0v) is 12.7. The molecular formula is C14H25FN2O3. The number of carbonyl (C=O) groups excluding carboxylic acids is 2. The van der Waals surface area contributed by atoms with Crippen LogP contribution in [0.5, 0.6) is 0 Å². The third-order valence-corrected chi connectivity index (χ3v) is 3.70. The summed E-state index contributed by atoms with van der Waals surface area (Å²) in [4.78, 5) is 22.4. The zero-order valence-electron chi connectivity index (χ0n) is 12.7. The number of alkyl halides is 1. The van der Waals surface area contributed by atoms with Gasteiger partial charge in [-0.15, -0.1) is 0 Å².